The number of ether oxygens (including phenoxy) is 1. The molecular weight excluding hydrogens is 444 g/mol. The summed E-state index contributed by atoms with van der Waals surface area (Å²) in [5.74, 6) is 1.24. The number of anilines is 1. The van der Waals surface area contributed by atoms with Crippen molar-refractivity contribution in [3.05, 3.63) is 53.1 Å². The highest BCUT2D eigenvalue weighted by molar-refractivity contribution is 5.85. The SMILES string of the molecule is Cc1nc2c(C)ncc(C3CCN(C(=O)NCc4ccc(NC(=O)OC(C)(C)C)cc4)CC3)c2[nH]1. The zero-order valence-electron chi connectivity index (χ0n) is 21.1. The first-order valence-corrected chi connectivity index (χ1v) is 12.0. The lowest BCUT2D eigenvalue weighted by atomic mass is 9.89. The summed E-state index contributed by atoms with van der Waals surface area (Å²) in [7, 11) is 0. The van der Waals surface area contributed by atoms with E-state index in [1.807, 2.05) is 57.8 Å². The number of benzene rings is 1. The van der Waals surface area contributed by atoms with Crippen molar-refractivity contribution in [2.75, 3.05) is 18.4 Å². The molecule has 0 aliphatic carbocycles. The Morgan fingerprint density at radius 3 is 2.49 bits per heavy atom. The van der Waals surface area contributed by atoms with Gasteiger partial charge in [0, 0.05) is 31.5 Å². The maximum absolute atomic E-state index is 12.7. The second-order valence-corrected chi connectivity index (χ2v) is 10.1. The second kappa shape index (κ2) is 9.93. The zero-order valence-corrected chi connectivity index (χ0v) is 21.1. The monoisotopic (exact) mass is 478 g/mol. The number of aromatic nitrogens is 3. The van der Waals surface area contributed by atoms with Crippen molar-refractivity contribution in [2.45, 2.75) is 65.5 Å². The van der Waals surface area contributed by atoms with Crippen LogP contribution in [0.15, 0.2) is 30.5 Å². The number of hydrogen-bond donors (Lipinski definition) is 3. The van der Waals surface area contributed by atoms with Gasteiger partial charge in [0.05, 0.1) is 11.2 Å². The molecule has 1 aliphatic rings. The minimum atomic E-state index is -0.551. The molecule has 186 valence electrons. The van der Waals surface area contributed by atoms with Gasteiger partial charge in [-0.25, -0.2) is 14.6 Å². The maximum Gasteiger partial charge on any atom is 0.412 e. The number of nitrogens with one attached hydrogen (secondary N) is 3. The average Bonchev–Trinajstić information content (AvgIpc) is 3.20. The first-order chi connectivity index (χ1) is 16.6. The van der Waals surface area contributed by atoms with Crippen molar-refractivity contribution in [2.24, 2.45) is 0 Å². The number of urea groups is 1. The molecule has 0 saturated carbocycles. The molecule has 35 heavy (non-hydrogen) atoms. The van der Waals surface area contributed by atoms with Crippen molar-refractivity contribution in [3.8, 4) is 0 Å². The summed E-state index contributed by atoms with van der Waals surface area (Å²) in [4.78, 5) is 39.0. The second-order valence-electron chi connectivity index (χ2n) is 10.1. The third-order valence-corrected chi connectivity index (χ3v) is 6.12. The average molecular weight is 479 g/mol. The number of aryl methyl sites for hydroxylation is 2. The van der Waals surface area contributed by atoms with Crippen molar-refractivity contribution in [3.63, 3.8) is 0 Å². The molecule has 0 radical (unpaired) electrons. The normalized spacial score (nSPS) is 14.7. The molecule has 4 rings (SSSR count). The summed E-state index contributed by atoms with van der Waals surface area (Å²) < 4.78 is 5.26. The quantitative estimate of drug-likeness (QED) is 0.488. The molecule has 0 unspecified atom stereocenters. The molecule has 0 spiro atoms. The van der Waals surface area contributed by atoms with Crippen LogP contribution >= 0.6 is 0 Å². The molecule has 3 aromatic rings. The lowest BCUT2D eigenvalue weighted by Gasteiger charge is -2.32. The molecule has 1 aromatic carbocycles. The van der Waals surface area contributed by atoms with Gasteiger partial charge in [-0.2, -0.15) is 0 Å². The number of likely N-dealkylation sites (tertiary alicyclic amines) is 1. The van der Waals surface area contributed by atoms with E-state index in [4.69, 9.17) is 4.74 Å². The summed E-state index contributed by atoms with van der Waals surface area (Å²) in [6.07, 6.45) is 3.23. The number of carbonyl (C=O) groups is 2. The Balaban J connectivity index is 1.27. The standard InChI is InChI=1S/C26H34N6O3/c1-16-22-23(30-17(2)29-22)21(15-27-16)19-10-12-32(13-11-19)24(33)28-14-18-6-8-20(9-7-18)31-25(34)35-26(3,4)5/h6-9,15,19H,10-14H2,1-5H3,(H,28,33)(H,29,30)(H,31,34). The van der Waals surface area contributed by atoms with E-state index in [1.165, 1.54) is 5.56 Å². The molecule has 9 heteroatoms. The Hall–Kier alpha value is -3.62. The minimum absolute atomic E-state index is 0.0658. The van der Waals surface area contributed by atoms with E-state index in [0.717, 1.165) is 41.0 Å². The number of H-pyrrole nitrogens is 1. The van der Waals surface area contributed by atoms with Gasteiger partial charge in [0.1, 0.15) is 16.9 Å². The Morgan fingerprint density at radius 2 is 1.83 bits per heavy atom. The van der Waals surface area contributed by atoms with Crippen molar-refractivity contribution >= 4 is 28.8 Å². The minimum Gasteiger partial charge on any atom is -0.444 e. The van der Waals surface area contributed by atoms with E-state index in [9.17, 15) is 9.59 Å². The number of nitrogens with zero attached hydrogens (tertiary/aromatic N) is 3. The van der Waals surface area contributed by atoms with Gasteiger partial charge in [-0.05, 0) is 76.6 Å². The summed E-state index contributed by atoms with van der Waals surface area (Å²) in [6.45, 7) is 11.2. The highest BCUT2D eigenvalue weighted by Crippen LogP contribution is 2.32. The fourth-order valence-electron chi connectivity index (χ4n) is 4.37. The van der Waals surface area contributed by atoms with Gasteiger partial charge in [-0.3, -0.25) is 10.3 Å². The van der Waals surface area contributed by atoms with Crippen LogP contribution < -0.4 is 10.6 Å². The molecule has 1 saturated heterocycles. The molecule has 9 nitrogen and oxygen atoms in total. The summed E-state index contributed by atoms with van der Waals surface area (Å²) in [6, 6.07) is 7.28. The fraction of sp³-hybridized carbons (Fsp3) is 0.462. The maximum atomic E-state index is 12.7. The van der Waals surface area contributed by atoms with Crippen LogP contribution in [0.1, 0.15) is 62.2 Å². The molecule has 2 aromatic heterocycles. The van der Waals surface area contributed by atoms with Gasteiger partial charge in [-0.1, -0.05) is 12.1 Å². The highest BCUT2D eigenvalue weighted by Gasteiger charge is 2.26. The number of piperidine rings is 1. The number of carbonyl (C=O) groups excluding carboxylic acids is 2. The largest absolute Gasteiger partial charge is 0.444 e. The number of rotatable bonds is 4. The highest BCUT2D eigenvalue weighted by atomic mass is 16.6. The first kappa shape index (κ1) is 24.5. The van der Waals surface area contributed by atoms with Crippen LogP contribution in [-0.2, 0) is 11.3 Å². The van der Waals surface area contributed by atoms with Gasteiger partial charge in [0.15, 0.2) is 0 Å². The third-order valence-electron chi connectivity index (χ3n) is 6.12. The summed E-state index contributed by atoms with van der Waals surface area (Å²) >= 11 is 0. The van der Waals surface area contributed by atoms with Gasteiger partial charge in [0.2, 0.25) is 0 Å². The smallest absolute Gasteiger partial charge is 0.412 e. The lowest BCUT2D eigenvalue weighted by Crippen LogP contribution is -2.43. The van der Waals surface area contributed by atoms with Crippen LogP contribution in [0, 0.1) is 13.8 Å². The van der Waals surface area contributed by atoms with E-state index in [1.54, 1.807) is 12.1 Å². The van der Waals surface area contributed by atoms with Crippen LogP contribution in [-0.4, -0.2) is 50.7 Å². The summed E-state index contributed by atoms with van der Waals surface area (Å²) in [5.41, 5.74) is 5.17. The fourth-order valence-corrected chi connectivity index (χ4v) is 4.37. The van der Waals surface area contributed by atoms with Gasteiger partial charge in [0.25, 0.3) is 0 Å². The molecule has 3 amide bonds. The van der Waals surface area contributed by atoms with Crippen LogP contribution in [0.4, 0.5) is 15.3 Å². The number of pyridine rings is 1. The van der Waals surface area contributed by atoms with Crippen molar-refractivity contribution in [1.82, 2.24) is 25.2 Å². The Kier molecular flexibility index (Phi) is 6.95. The first-order valence-electron chi connectivity index (χ1n) is 12.0. The van der Waals surface area contributed by atoms with Gasteiger partial charge >= 0.3 is 12.1 Å². The lowest BCUT2D eigenvalue weighted by molar-refractivity contribution is 0.0636. The van der Waals surface area contributed by atoms with Crippen LogP contribution in [0.3, 0.4) is 0 Å². The molecular formula is C26H34N6O3. The predicted octanol–water partition coefficient (Wildman–Crippen LogP) is 5.01. The van der Waals surface area contributed by atoms with Crippen molar-refractivity contribution < 1.29 is 14.3 Å². The molecule has 3 heterocycles. The van der Waals surface area contributed by atoms with Gasteiger partial charge in [-0.15, -0.1) is 0 Å². The number of fused-ring (bicyclic) bond motifs is 1. The van der Waals surface area contributed by atoms with E-state index < -0.39 is 11.7 Å². The molecule has 1 aliphatic heterocycles. The van der Waals surface area contributed by atoms with Gasteiger partial charge < -0.3 is 19.9 Å². The molecule has 1 fully saturated rings. The van der Waals surface area contributed by atoms with E-state index >= 15 is 0 Å². The number of aromatic amines is 1. The van der Waals surface area contributed by atoms with E-state index in [0.29, 0.717) is 31.2 Å². The third kappa shape index (κ3) is 6.09. The van der Waals surface area contributed by atoms with E-state index in [-0.39, 0.29) is 6.03 Å². The molecule has 0 bridgehead atoms. The van der Waals surface area contributed by atoms with Crippen LogP contribution in [0.2, 0.25) is 0 Å². The Morgan fingerprint density at radius 1 is 1.14 bits per heavy atom. The van der Waals surface area contributed by atoms with E-state index in [2.05, 4.69) is 25.6 Å². The predicted molar refractivity (Wildman–Crippen MR) is 135 cm³/mol. The molecule has 0 atom stereocenters. The Bertz CT molecular complexity index is 1200. The Labute approximate surface area is 205 Å². The zero-order chi connectivity index (χ0) is 25.2. The number of amides is 3. The van der Waals surface area contributed by atoms with Crippen molar-refractivity contribution in [1.29, 1.82) is 0 Å². The summed E-state index contributed by atoms with van der Waals surface area (Å²) in [5, 5.41) is 5.71. The van der Waals surface area contributed by atoms with Crippen LogP contribution in [0.5, 0.6) is 0 Å². The number of hydrogen-bond acceptors (Lipinski definition) is 5. The van der Waals surface area contributed by atoms with Crippen LogP contribution in [0.25, 0.3) is 11.0 Å². The topological polar surface area (TPSA) is 112 Å². The number of imidazole rings is 1. The molecule has 3 N–H and O–H groups in total.